The molecule has 0 aliphatic heterocycles. The topological polar surface area (TPSA) is 50.4 Å². The third-order valence-electron chi connectivity index (χ3n) is 2.57. The van der Waals surface area contributed by atoms with Crippen molar-refractivity contribution in [2.45, 2.75) is 44.7 Å². The number of hydrogen-bond donors (Lipinski definition) is 2. The van der Waals surface area contributed by atoms with Crippen LogP contribution in [0.15, 0.2) is 0 Å². The first-order valence-electron chi connectivity index (χ1n) is 5.28. The van der Waals surface area contributed by atoms with Crippen LogP contribution in [-0.2, 0) is 4.74 Å². The van der Waals surface area contributed by atoms with Gasteiger partial charge in [0.1, 0.15) is 0 Å². The maximum atomic E-state index is 11.4. The molecule has 0 saturated heterocycles. The summed E-state index contributed by atoms with van der Waals surface area (Å²) in [5.74, 6) is 0. The van der Waals surface area contributed by atoms with Crippen molar-refractivity contribution in [1.29, 1.82) is 0 Å². The Morgan fingerprint density at radius 3 is 2.79 bits per heavy atom. The van der Waals surface area contributed by atoms with Gasteiger partial charge in [-0.2, -0.15) is 0 Å². The highest BCUT2D eigenvalue weighted by molar-refractivity contribution is 5.74. The highest BCUT2D eigenvalue weighted by Crippen LogP contribution is 2.17. The molecule has 0 spiro atoms. The van der Waals surface area contributed by atoms with Gasteiger partial charge in [-0.05, 0) is 32.6 Å². The van der Waals surface area contributed by atoms with Crippen LogP contribution in [-0.4, -0.2) is 31.8 Å². The van der Waals surface area contributed by atoms with Gasteiger partial charge in [0, 0.05) is 25.8 Å². The number of hydrogen-bond acceptors (Lipinski definition) is 2. The first-order chi connectivity index (χ1) is 6.72. The largest absolute Gasteiger partial charge is 0.385 e. The summed E-state index contributed by atoms with van der Waals surface area (Å²) in [5.41, 5.74) is 0. The first kappa shape index (κ1) is 11.3. The predicted octanol–water partition coefficient (Wildman–Crippen LogP) is 1.26. The van der Waals surface area contributed by atoms with E-state index in [0.29, 0.717) is 12.6 Å². The summed E-state index contributed by atoms with van der Waals surface area (Å²) in [6.45, 7) is 2.67. The second kappa shape index (κ2) is 5.86. The van der Waals surface area contributed by atoms with E-state index < -0.39 is 0 Å². The van der Waals surface area contributed by atoms with E-state index in [0.717, 1.165) is 19.3 Å². The van der Waals surface area contributed by atoms with Gasteiger partial charge in [0.15, 0.2) is 0 Å². The maximum Gasteiger partial charge on any atom is 0.315 e. The van der Waals surface area contributed by atoms with Crippen molar-refractivity contribution >= 4 is 6.03 Å². The molecule has 1 rings (SSSR count). The standard InChI is InChI=1S/C10H20N2O2/c1-8(6-7-14-2)11-10(13)12-9-4-3-5-9/h8-9H,3-7H2,1-2H3,(H2,11,12,13). The third-order valence-corrected chi connectivity index (χ3v) is 2.57. The summed E-state index contributed by atoms with van der Waals surface area (Å²) in [6, 6.07) is 0.540. The molecule has 0 aromatic rings. The molecule has 1 aliphatic carbocycles. The molecule has 1 atom stereocenters. The van der Waals surface area contributed by atoms with Crippen LogP contribution in [0.4, 0.5) is 4.79 Å². The van der Waals surface area contributed by atoms with E-state index in [2.05, 4.69) is 10.6 Å². The molecule has 4 nitrogen and oxygen atoms in total. The zero-order valence-electron chi connectivity index (χ0n) is 9.01. The third kappa shape index (κ3) is 3.96. The van der Waals surface area contributed by atoms with Crippen molar-refractivity contribution in [1.82, 2.24) is 10.6 Å². The zero-order valence-corrected chi connectivity index (χ0v) is 9.01. The van der Waals surface area contributed by atoms with Gasteiger partial charge in [0.2, 0.25) is 0 Å². The molecule has 82 valence electrons. The van der Waals surface area contributed by atoms with Crippen LogP contribution in [0.5, 0.6) is 0 Å². The van der Waals surface area contributed by atoms with Crippen LogP contribution >= 0.6 is 0 Å². The monoisotopic (exact) mass is 200 g/mol. The molecule has 1 unspecified atom stereocenters. The molecule has 14 heavy (non-hydrogen) atoms. The van der Waals surface area contributed by atoms with Crippen molar-refractivity contribution < 1.29 is 9.53 Å². The van der Waals surface area contributed by atoms with Gasteiger partial charge in [0.05, 0.1) is 0 Å². The lowest BCUT2D eigenvalue weighted by Crippen LogP contribution is -2.47. The van der Waals surface area contributed by atoms with E-state index in [9.17, 15) is 4.79 Å². The molecule has 1 saturated carbocycles. The molecule has 2 N–H and O–H groups in total. The lowest BCUT2D eigenvalue weighted by atomic mass is 9.93. The van der Waals surface area contributed by atoms with Gasteiger partial charge in [-0.25, -0.2) is 4.79 Å². The van der Waals surface area contributed by atoms with E-state index in [-0.39, 0.29) is 12.1 Å². The molecule has 0 bridgehead atoms. The minimum Gasteiger partial charge on any atom is -0.385 e. The number of carbonyl (C=O) groups excluding carboxylic acids is 1. The van der Waals surface area contributed by atoms with Crippen LogP contribution < -0.4 is 10.6 Å². The number of carbonyl (C=O) groups is 1. The SMILES string of the molecule is COCCC(C)NC(=O)NC1CCC1. The minimum atomic E-state index is -0.0432. The Labute approximate surface area is 85.4 Å². The van der Waals surface area contributed by atoms with E-state index in [1.165, 1.54) is 6.42 Å². The summed E-state index contributed by atoms with van der Waals surface area (Å²) in [4.78, 5) is 11.4. The van der Waals surface area contributed by atoms with Gasteiger partial charge in [-0.1, -0.05) is 0 Å². The van der Waals surface area contributed by atoms with Gasteiger partial charge in [-0.15, -0.1) is 0 Å². The predicted molar refractivity (Wildman–Crippen MR) is 55.3 cm³/mol. The maximum absolute atomic E-state index is 11.4. The van der Waals surface area contributed by atoms with Crippen LogP contribution in [0.2, 0.25) is 0 Å². The smallest absolute Gasteiger partial charge is 0.315 e. The second-order valence-electron chi connectivity index (χ2n) is 3.93. The van der Waals surface area contributed by atoms with Crippen molar-refractivity contribution in [2.75, 3.05) is 13.7 Å². The van der Waals surface area contributed by atoms with Crippen molar-refractivity contribution in [3.05, 3.63) is 0 Å². The molecule has 0 aromatic heterocycles. The summed E-state index contributed by atoms with van der Waals surface area (Å²) >= 11 is 0. The van der Waals surface area contributed by atoms with E-state index in [4.69, 9.17) is 4.74 Å². The fourth-order valence-electron chi connectivity index (χ4n) is 1.37. The highest BCUT2D eigenvalue weighted by atomic mass is 16.5. The minimum absolute atomic E-state index is 0.0432. The van der Waals surface area contributed by atoms with Crippen molar-refractivity contribution in [2.24, 2.45) is 0 Å². The van der Waals surface area contributed by atoms with Crippen molar-refractivity contribution in [3.63, 3.8) is 0 Å². The number of urea groups is 1. The molecule has 1 aliphatic rings. The summed E-state index contributed by atoms with van der Waals surface area (Å²) in [6.07, 6.45) is 4.35. The summed E-state index contributed by atoms with van der Waals surface area (Å²) in [7, 11) is 1.67. The summed E-state index contributed by atoms with van der Waals surface area (Å²) in [5, 5.41) is 5.82. The lowest BCUT2D eigenvalue weighted by Gasteiger charge is -2.27. The highest BCUT2D eigenvalue weighted by Gasteiger charge is 2.19. The van der Waals surface area contributed by atoms with Crippen LogP contribution in [0.25, 0.3) is 0 Å². The number of nitrogens with one attached hydrogen (secondary N) is 2. The van der Waals surface area contributed by atoms with Gasteiger partial charge >= 0.3 is 6.03 Å². The first-order valence-corrected chi connectivity index (χ1v) is 5.28. The van der Waals surface area contributed by atoms with E-state index >= 15 is 0 Å². The number of ether oxygens (including phenoxy) is 1. The Bertz CT molecular complexity index is 181. The van der Waals surface area contributed by atoms with E-state index in [1.807, 2.05) is 6.92 Å². The number of methoxy groups -OCH3 is 1. The average Bonchev–Trinajstić information content (AvgIpc) is 2.08. The van der Waals surface area contributed by atoms with Gasteiger partial charge in [0.25, 0.3) is 0 Å². The van der Waals surface area contributed by atoms with Gasteiger partial charge < -0.3 is 15.4 Å². The Kier molecular flexibility index (Phi) is 4.73. The normalized spacial score (nSPS) is 18.4. The fourth-order valence-corrected chi connectivity index (χ4v) is 1.37. The molecule has 4 heteroatoms. The second-order valence-corrected chi connectivity index (χ2v) is 3.93. The summed E-state index contributed by atoms with van der Waals surface area (Å²) < 4.78 is 4.94. The van der Waals surface area contributed by atoms with Crippen molar-refractivity contribution in [3.8, 4) is 0 Å². The zero-order chi connectivity index (χ0) is 10.4. The molecule has 0 heterocycles. The number of amides is 2. The average molecular weight is 200 g/mol. The quantitative estimate of drug-likeness (QED) is 0.702. The van der Waals surface area contributed by atoms with Crippen LogP contribution in [0, 0.1) is 0 Å². The Balaban J connectivity index is 2.05. The molecule has 1 fully saturated rings. The Hall–Kier alpha value is -0.770. The van der Waals surface area contributed by atoms with Crippen LogP contribution in [0.1, 0.15) is 32.6 Å². The lowest BCUT2D eigenvalue weighted by molar-refractivity contribution is 0.182. The van der Waals surface area contributed by atoms with Crippen LogP contribution in [0.3, 0.4) is 0 Å². The van der Waals surface area contributed by atoms with Gasteiger partial charge in [-0.3, -0.25) is 0 Å². The Morgan fingerprint density at radius 1 is 1.57 bits per heavy atom. The molecule has 0 aromatic carbocycles. The molecular formula is C10H20N2O2. The molecule has 2 amide bonds. The molecule has 0 radical (unpaired) electrons. The van der Waals surface area contributed by atoms with E-state index in [1.54, 1.807) is 7.11 Å². The fraction of sp³-hybridized carbons (Fsp3) is 0.900. The molecular weight excluding hydrogens is 180 g/mol. The number of rotatable bonds is 5. The Morgan fingerprint density at radius 2 is 2.29 bits per heavy atom.